The molecule has 13 nitrogen and oxygen atoms in total. The number of carbonyl (C=O) groups excluding carboxylic acids is 5. The van der Waals surface area contributed by atoms with Crippen molar-refractivity contribution in [3.05, 3.63) is 36.0 Å². The van der Waals surface area contributed by atoms with Crippen molar-refractivity contribution in [3.8, 4) is 0 Å². The quantitative estimate of drug-likeness (QED) is 0.261. The minimum Gasteiger partial charge on any atom is -0.479 e. The maximum absolute atomic E-state index is 13.7. The Morgan fingerprint density at radius 2 is 1.58 bits per heavy atom. The SMILES string of the molecule is CC(C)C[C@@H]1NC(=O)[C@@H](C(C)C)NC(=O)[C@@H]2CCCN2C(=O)[C@@H](C(=O)O)NC(=O)[C@@H](Cc2c[nH]c3ccccc23)NC1=O. The van der Waals surface area contributed by atoms with E-state index in [0.29, 0.717) is 12.0 Å². The summed E-state index contributed by atoms with van der Waals surface area (Å²) in [6.07, 6.45) is 2.63. The van der Waals surface area contributed by atoms with E-state index in [1.165, 1.54) is 0 Å². The van der Waals surface area contributed by atoms with Gasteiger partial charge in [-0.05, 0) is 42.7 Å². The summed E-state index contributed by atoms with van der Waals surface area (Å²) in [5, 5.41) is 21.3. The molecule has 3 heterocycles. The molecule has 2 aliphatic heterocycles. The zero-order valence-corrected chi connectivity index (χ0v) is 24.8. The monoisotopic (exact) mass is 596 g/mol. The van der Waals surface area contributed by atoms with Gasteiger partial charge in [0.25, 0.3) is 5.91 Å². The van der Waals surface area contributed by atoms with Crippen molar-refractivity contribution < 1.29 is 33.9 Å². The Hall–Kier alpha value is -4.42. The maximum Gasteiger partial charge on any atom is 0.336 e. The fourth-order valence-corrected chi connectivity index (χ4v) is 5.69. The second kappa shape index (κ2) is 13.3. The number of carboxylic acids is 1. The van der Waals surface area contributed by atoms with Gasteiger partial charge in [0.15, 0.2) is 0 Å². The highest BCUT2D eigenvalue weighted by Gasteiger charge is 2.43. The van der Waals surface area contributed by atoms with Crippen LogP contribution >= 0.6 is 0 Å². The normalized spacial score (nSPS) is 26.0. The summed E-state index contributed by atoms with van der Waals surface area (Å²) < 4.78 is 0. The van der Waals surface area contributed by atoms with Crippen LogP contribution in [0.2, 0.25) is 0 Å². The Kier molecular flexibility index (Phi) is 9.72. The Balaban J connectivity index is 1.76. The van der Waals surface area contributed by atoms with Gasteiger partial charge in [-0.1, -0.05) is 45.9 Å². The van der Waals surface area contributed by atoms with Crippen LogP contribution in [0.15, 0.2) is 30.5 Å². The molecule has 2 aromatic rings. The number of amides is 5. The third-order valence-electron chi connectivity index (χ3n) is 7.94. The minimum absolute atomic E-state index is 0.0211. The number of para-hydroxylation sites is 1. The van der Waals surface area contributed by atoms with E-state index in [1.54, 1.807) is 20.0 Å². The van der Waals surface area contributed by atoms with Crippen molar-refractivity contribution in [1.82, 2.24) is 31.2 Å². The third kappa shape index (κ3) is 7.15. The van der Waals surface area contributed by atoms with E-state index in [0.717, 1.165) is 15.8 Å². The second-order valence-electron chi connectivity index (χ2n) is 12.0. The van der Waals surface area contributed by atoms with Gasteiger partial charge in [-0.15, -0.1) is 0 Å². The van der Waals surface area contributed by atoms with Crippen LogP contribution in [-0.2, 0) is 35.2 Å². The molecule has 0 bridgehead atoms. The molecule has 2 saturated heterocycles. The number of H-pyrrole nitrogens is 1. The van der Waals surface area contributed by atoms with Crippen LogP contribution in [-0.4, -0.2) is 87.2 Å². The molecule has 13 heteroatoms. The number of benzene rings is 1. The van der Waals surface area contributed by atoms with E-state index in [2.05, 4.69) is 26.3 Å². The van der Waals surface area contributed by atoms with Crippen LogP contribution in [0.5, 0.6) is 0 Å². The smallest absolute Gasteiger partial charge is 0.336 e. The number of aliphatic carboxylic acids is 1. The van der Waals surface area contributed by atoms with Crippen LogP contribution < -0.4 is 21.3 Å². The summed E-state index contributed by atoms with van der Waals surface area (Å²) in [6, 6.07) is 1.03. The first-order valence-corrected chi connectivity index (χ1v) is 14.7. The first-order chi connectivity index (χ1) is 20.4. The zero-order valence-electron chi connectivity index (χ0n) is 24.8. The Labute approximate surface area is 249 Å². The van der Waals surface area contributed by atoms with Crippen molar-refractivity contribution in [2.45, 2.75) is 83.6 Å². The van der Waals surface area contributed by atoms with Gasteiger partial charge in [0, 0.05) is 30.1 Å². The highest BCUT2D eigenvalue weighted by Crippen LogP contribution is 2.22. The van der Waals surface area contributed by atoms with Gasteiger partial charge < -0.3 is 36.3 Å². The number of fused-ring (bicyclic) bond motifs is 2. The standard InChI is InChI=1S/C30H40N6O7/c1-15(2)12-20-25(37)32-21(13-17-14-31-19-9-6-5-8-18(17)19)26(38)35-24(30(42)43)29(41)36-11-7-10-22(36)27(39)34-23(16(3)4)28(40)33-20/h5-6,8-9,14-16,20-24,31H,7,10-13H2,1-4H3,(H,32,37)(H,33,40)(H,34,39)(H,35,38)(H,42,43)/t20-,21+,22-,23+,24-/m0/s1. The molecule has 5 atom stereocenters. The second-order valence-corrected chi connectivity index (χ2v) is 12.0. The van der Waals surface area contributed by atoms with Gasteiger partial charge in [0.05, 0.1) is 0 Å². The lowest BCUT2D eigenvalue weighted by molar-refractivity contribution is -0.152. The third-order valence-corrected chi connectivity index (χ3v) is 7.94. The summed E-state index contributed by atoms with van der Waals surface area (Å²) in [5.41, 5.74) is 1.49. The highest BCUT2D eigenvalue weighted by molar-refractivity contribution is 6.07. The Morgan fingerprint density at radius 3 is 2.26 bits per heavy atom. The minimum atomic E-state index is -1.99. The zero-order chi connectivity index (χ0) is 31.4. The summed E-state index contributed by atoms with van der Waals surface area (Å²) >= 11 is 0. The summed E-state index contributed by atoms with van der Waals surface area (Å²) in [4.78, 5) is 84.2. The number of nitrogens with one attached hydrogen (secondary N) is 5. The van der Waals surface area contributed by atoms with E-state index in [9.17, 15) is 33.9 Å². The average molecular weight is 597 g/mol. The summed E-state index contributed by atoms with van der Waals surface area (Å²) in [7, 11) is 0. The van der Waals surface area contributed by atoms with Crippen molar-refractivity contribution >= 4 is 46.4 Å². The van der Waals surface area contributed by atoms with E-state index in [1.807, 2.05) is 38.1 Å². The summed E-state index contributed by atoms with van der Waals surface area (Å²) in [5.74, 6) is -5.64. The molecule has 1 aromatic heterocycles. The van der Waals surface area contributed by atoms with Crippen molar-refractivity contribution in [1.29, 1.82) is 0 Å². The predicted molar refractivity (Wildman–Crippen MR) is 156 cm³/mol. The van der Waals surface area contributed by atoms with Crippen LogP contribution in [0.25, 0.3) is 10.9 Å². The number of carboxylic acid groups (broad SMARTS) is 1. The van der Waals surface area contributed by atoms with Gasteiger partial charge in [-0.3, -0.25) is 24.0 Å². The molecule has 0 spiro atoms. The highest BCUT2D eigenvalue weighted by atomic mass is 16.4. The number of hydrogen-bond donors (Lipinski definition) is 6. The Morgan fingerprint density at radius 1 is 0.907 bits per heavy atom. The lowest BCUT2D eigenvalue weighted by Gasteiger charge is -2.29. The molecule has 6 N–H and O–H groups in total. The first-order valence-electron chi connectivity index (χ1n) is 14.7. The van der Waals surface area contributed by atoms with E-state index < -0.39 is 65.7 Å². The molecular formula is C30H40N6O7. The molecule has 1 aromatic carbocycles. The maximum atomic E-state index is 13.7. The van der Waals surface area contributed by atoms with Crippen LogP contribution in [0, 0.1) is 11.8 Å². The van der Waals surface area contributed by atoms with E-state index >= 15 is 0 Å². The lowest BCUT2D eigenvalue weighted by Crippen LogP contribution is -2.60. The van der Waals surface area contributed by atoms with Crippen LogP contribution in [0.3, 0.4) is 0 Å². The molecule has 2 fully saturated rings. The van der Waals surface area contributed by atoms with Gasteiger partial charge in [0.2, 0.25) is 29.7 Å². The van der Waals surface area contributed by atoms with Crippen LogP contribution in [0.1, 0.15) is 52.5 Å². The van der Waals surface area contributed by atoms with Crippen LogP contribution in [0.4, 0.5) is 0 Å². The molecular weight excluding hydrogens is 556 g/mol. The molecule has 5 amide bonds. The molecule has 43 heavy (non-hydrogen) atoms. The number of aromatic nitrogens is 1. The number of hydrogen-bond acceptors (Lipinski definition) is 6. The molecule has 4 rings (SSSR count). The van der Waals surface area contributed by atoms with Gasteiger partial charge in [0.1, 0.15) is 24.2 Å². The molecule has 0 aliphatic carbocycles. The lowest BCUT2D eigenvalue weighted by atomic mass is 9.98. The Bertz CT molecular complexity index is 1400. The van der Waals surface area contributed by atoms with Crippen molar-refractivity contribution in [3.63, 3.8) is 0 Å². The largest absolute Gasteiger partial charge is 0.479 e. The number of nitrogens with zero attached hydrogens (tertiary/aromatic N) is 1. The number of aromatic amines is 1. The topological polar surface area (TPSA) is 190 Å². The van der Waals surface area contributed by atoms with Crippen molar-refractivity contribution in [2.24, 2.45) is 11.8 Å². The fourth-order valence-electron chi connectivity index (χ4n) is 5.69. The van der Waals surface area contributed by atoms with Crippen molar-refractivity contribution in [2.75, 3.05) is 6.54 Å². The molecule has 0 unspecified atom stereocenters. The number of rotatable bonds is 6. The van der Waals surface area contributed by atoms with Gasteiger partial charge >= 0.3 is 5.97 Å². The molecule has 232 valence electrons. The molecule has 2 aliphatic rings. The summed E-state index contributed by atoms with van der Waals surface area (Å²) in [6.45, 7) is 7.36. The number of carbonyl (C=O) groups is 6. The molecule has 0 saturated carbocycles. The fraction of sp³-hybridized carbons (Fsp3) is 0.533. The van der Waals surface area contributed by atoms with Gasteiger partial charge in [-0.2, -0.15) is 0 Å². The first kappa shape index (κ1) is 31.5. The molecule has 0 radical (unpaired) electrons. The average Bonchev–Trinajstić information content (AvgIpc) is 3.60. The predicted octanol–water partition coefficient (Wildman–Crippen LogP) is 0.441. The van der Waals surface area contributed by atoms with Gasteiger partial charge in [-0.25, -0.2) is 4.79 Å². The van der Waals surface area contributed by atoms with E-state index in [-0.39, 0.29) is 37.6 Å². The van der Waals surface area contributed by atoms with E-state index in [4.69, 9.17) is 0 Å².